The minimum Gasteiger partial charge on any atom is -0.373 e. The predicted molar refractivity (Wildman–Crippen MR) is 68.2 cm³/mol. The third kappa shape index (κ3) is 2.94. The monoisotopic (exact) mass is 238 g/mol. The zero-order chi connectivity index (χ0) is 13.2. The average molecular weight is 238 g/mol. The molecule has 1 atom stereocenters. The van der Waals surface area contributed by atoms with E-state index in [1.807, 2.05) is 13.8 Å². The SMILES string of the molecule is CCc1c(C)nc(C(OC)C(C)(C)C)[nH]c1=O. The maximum Gasteiger partial charge on any atom is 0.254 e. The van der Waals surface area contributed by atoms with Gasteiger partial charge in [0.1, 0.15) is 11.9 Å². The van der Waals surface area contributed by atoms with Crippen LogP contribution in [0.15, 0.2) is 4.79 Å². The lowest BCUT2D eigenvalue weighted by Crippen LogP contribution is -2.27. The average Bonchev–Trinajstić information content (AvgIpc) is 2.15. The molecule has 4 nitrogen and oxygen atoms in total. The zero-order valence-electron chi connectivity index (χ0n) is 11.5. The number of hydrogen-bond acceptors (Lipinski definition) is 3. The van der Waals surface area contributed by atoms with Gasteiger partial charge in [0, 0.05) is 18.4 Å². The molecule has 1 rings (SSSR count). The molecule has 1 aromatic rings. The summed E-state index contributed by atoms with van der Waals surface area (Å²) < 4.78 is 5.45. The molecule has 0 saturated carbocycles. The number of aromatic nitrogens is 2. The Labute approximate surface area is 102 Å². The van der Waals surface area contributed by atoms with Gasteiger partial charge in [0.25, 0.3) is 5.56 Å². The first-order valence-corrected chi connectivity index (χ1v) is 5.93. The molecular weight excluding hydrogens is 216 g/mol. The van der Waals surface area contributed by atoms with Crippen molar-refractivity contribution in [2.45, 2.75) is 47.1 Å². The van der Waals surface area contributed by atoms with E-state index in [1.54, 1.807) is 7.11 Å². The van der Waals surface area contributed by atoms with Crippen molar-refractivity contribution in [3.05, 3.63) is 27.4 Å². The molecule has 4 heteroatoms. The molecule has 0 saturated heterocycles. The molecule has 0 fully saturated rings. The molecule has 0 aliphatic rings. The van der Waals surface area contributed by atoms with Crippen molar-refractivity contribution in [1.29, 1.82) is 0 Å². The fourth-order valence-electron chi connectivity index (χ4n) is 2.05. The van der Waals surface area contributed by atoms with E-state index >= 15 is 0 Å². The summed E-state index contributed by atoms with van der Waals surface area (Å²) in [6.45, 7) is 10.0. The van der Waals surface area contributed by atoms with Gasteiger partial charge in [-0.3, -0.25) is 4.79 Å². The lowest BCUT2D eigenvalue weighted by molar-refractivity contribution is 0.00833. The lowest BCUT2D eigenvalue weighted by atomic mass is 9.88. The highest BCUT2D eigenvalue weighted by Crippen LogP contribution is 2.33. The van der Waals surface area contributed by atoms with Crippen LogP contribution in [0, 0.1) is 12.3 Å². The van der Waals surface area contributed by atoms with Gasteiger partial charge in [-0.05, 0) is 18.8 Å². The second-order valence-electron chi connectivity index (χ2n) is 5.35. The molecule has 1 unspecified atom stereocenters. The van der Waals surface area contributed by atoms with Crippen LogP contribution in [0.1, 0.15) is 50.9 Å². The summed E-state index contributed by atoms with van der Waals surface area (Å²) in [5, 5.41) is 0. The van der Waals surface area contributed by atoms with Crippen molar-refractivity contribution in [3.63, 3.8) is 0 Å². The lowest BCUT2D eigenvalue weighted by Gasteiger charge is -2.28. The van der Waals surface area contributed by atoms with E-state index in [9.17, 15) is 4.79 Å². The number of rotatable bonds is 3. The molecule has 0 bridgehead atoms. The first-order chi connectivity index (χ1) is 7.81. The number of aryl methyl sites for hydroxylation is 1. The van der Waals surface area contributed by atoms with E-state index in [0.717, 1.165) is 11.3 Å². The molecule has 0 amide bonds. The Kier molecular flexibility index (Phi) is 4.09. The van der Waals surface area contributed by atoms with Gasteiger partial charge >= 0.3 is 0 Å². The number of methoxy groups -OCH3 is 1. The molecule has 0 aliphatic carbocycles. The van der Waals surface area contributed by atoms with Gasteiger partial charge in [-0.2, -0.15) is 0 Å². The van der Waals surface area contributed by atoms with Crippen LogP contribution in [0.5, 0.6) is 0 Å². The van der Waals surface area contributed by atoms with E-state index in [1.165, 1.54) is 0 Å². The van der Waals surface area contributed by atoms with Gasteiger partial charge in [-0.1, -0.05) is 27.7 Å². The quantitative estimate of drug-likeness (QED) is 0.879. The van der Waals surface area contributed by atoms with E-state index < -0.39 is 0 Å². The van der Waals surface area contributed by atoms with Crippen LogP contribution in [0.3, 0.4) is 0 Å². The summed E-state index contributed by atoms with van der Waals surface area (Å²) in [7, 11) is 1.64. The van der Waals surface area contributed by atoms with Crippen molar-refractivity contribution in [3.8, 4) is 0 Å². The van der Waals surface area contributed by atoms with Crippen LogP contribution >= 0.6 is 0 Å². The van der Waals surface area contributed by atoms with Gasteiger partial charge in [0.2, 0.25) is 0 Å². The number of nitrogens with one attached hydrogen (secondary N) is 1. The van der Waals surface area contributed by atoms with E-state index in [4.69, 9.17) is 4.74 Å². The van der Waals surface area contributed by atoms with E-state index in [-0.39, 0.29) is 17.1 Å². The van der Waals surface area contributed by atoms with Crippen LogP contribution in [0.4, 0.5) is 0 Å². The van der Waals surface area contributed by atoms with Gasteiger partial charge in [0.05, 0.1) is 0 Å². The number of aromatic amines is 1. The van der Waals surface area contributed by atoms with Crippen LogP contribution < -0.4 is 5.56 Å². The van der Waals surface area contributed by atoms with Gasteiger partial charge in [0.15, 0.2) is 0 Å². The summed E-state index contributed by atoms with van der Waals surface area (Å²) in [5.74, 6) is 0.611. The standard InChI is InChI=1S/C13H22N2O2/c1-7-9-8(2)14-11(15-12(9)16)10(17-6)13(3,4)5/h10H,7H2,1-6H3,(H,14,15,16). The highest BCUT2D eigenvalue weighted by molar-refractivity contribution is 5.17. The summed E-state index contributed by atoms with van der Waals surface area (Å²) in [6.07, 6.45) is 0.488. The minimum atomic E-state index is -0.209. The first kappa shape index (κ1) is 13.9. The van der Waals surface area contributed by atoms with Crippen LogP contribution in [0.2, 0.25) is 0 Å². The van der Waals surface area contributed by atoms with Crippen LogP contribution in [-0.2, 0) is 11.2 Å². The highest BCUT2D eigenvalue weighted by atomic mass is 16.5. The number of hydrogen-bond donors (Lipinski definition) is 1. The molecule has 1 N–H and O–H groups in total. The van der Waals surface area contributed by atoms with Gasteiger partial charge in [-0.15, -0.1) is 0 Å². The molecule has 0 aliphatic heterocycles. The fraction of sp³-hybridized carbons (Fsp3) is 0.692. The second kappa shape index (κ2) is 5.00. The predicted octanol–water partition coefficient (Wildman–Crippen LogP) is 2.37. The summed E-state index contributed by atoms with van der Waals surface area (Å²) >= 11 is 0. The summed E-state index contributed by atoms with van der Waals surface area (Å²) in [6, 6.07) is 0. The molecule has 17 heavy (non-hydrogen) atoms. The summed E-state index contributed by atoms with van der Waals surface area (Å²) in [4.78, 5) is 19.2. The van der Waals surface area contributed by atoms with E-state index in [2.05, 4.69) is 30.7 Å². The Balaban J connectivity index is 3.29. The number of ether oxygens (including phenoxy) is 1. The third-order valence-corrected chi connectivity index (χ3v) is 2.86. The molecule has 0 radical (unpaired) electrons. The molecule has 96 valence electrons. The van der Waals surface area contributed by atoms with Crippen molar-refractivity contribution in [2.24, 2.45) is 5.41 Å². The largest absolute Gasteiger partial charge is 0.373 e. The Morgan fingerprint density at radius 3 is 2.35 bits per heavy atom. The smallest absolute Gasteiger partial charge is 0.254 e. The first-order valence-electron chi connectivity index (χ1n) is 5.93. The molecule has 0 spiro atoms. The normalized spacial score (nSPS) is 13.8. The maximum atomic E-state index is 11.9. The summed E-state index contributed by atoms with van der Waals surface area (Å²) in [5.41, 5.74) is 1.38. The van der Waals surface area contributed by atoms with Crippen molar-refractivity contribution < 1.29 is 4.74 Å². The molecule has 1 aromatic heterocycles. The Hall–Kier alpha value is -1.16. The highest BCUT2D eigenvalue weighted by Gasteiger charge is 2.28. The third-order valence-electron chi connectivity index (χ3n) is 2.86. The van der Waals surface area contributed by atoms with Crippen molar-refractivity contribution in [2.75, 3.05) is 7.11 Å². The van der Waals surface area contributed by atoms with Crippen LogP contribution in [-0.4, -0.2) is 17.1 Å². The number of H-pyrrole nitrogens is 1. The second-order valence-corrected chi connectivity index (χ2v) is 5.35. The Bertz CT molecular complexity index is 444. The molecule has 1 heterocycles. The Morgan fingerprint density at radius 2 is 2.00 bits per heavy atom. The molecule has 0 aromatic carbocycles. The van der Waals surface area contributed by atoms with Gasteiger partial charge in [-0.25, -0.2) is 4.98 Å². The van der Waals surface area contributed by atoms with Crippen LogP contribution in [0.25, 0.3) is 0 Å². The number of nitrogens with zero attached hydrogens (tertiary/aromatic N) is 1. The zero-order valence-corrected chi connectivity index (χ0v) is 11.5. The minimum absolute atomic E-state index is 0.0544. The maximum absolute atomic E-state index is 11.9. The van der Waals surface area contributed by atoms with E-state index in [0.29, 0.717) is 12.2 Å². The Morgan fingerprint density at radius 1 is 1.41 bits per heavy atom. The molecular formula is C13H22N2O2. The topological polar surface area (TPSA) is 55.0 Å². The van der Waals surface area contributed by atoms with Crippen molar-refractivity contribution >= 4 is 0 Å². The van der Waals surface area contributed by atoms with Gasteiger partial charge < -0.3 is 9.72 Å². The van der Waals surface area contributed by atoms with Crippen molar-refractivity contribution in [1.82, 2.24) is 9.97 Å². The fourth-order valence-corrected chi connectivity index (χ4v) is 2.05.